The number of fused-ring (bicyclic) bond motifs is 1. The number of anilines is 2. The Morgan fingerprint density at radius 2 is 1.85 bits per heavy atom. The van der Waals surface area contributed by atoms with Crippen molar-refractivity contribution in [1.29, 1.82) is 0 Å². The maximum Gasteiger partial charge on any atom is 0.163 e. The van der Waals surface area contributed by atoms with E-state index >= 15 is 0 Å². The Bertz CT molecular complexity index is 946. The predicted octanol–water partition coefficient (Wildman–Crippen LogP) is 3.39. The highest BCUT2D eigenvalue weighted by Crippen LogP contribution is 2.36. The zero-order valence-electron chi connectivity index (χ0n) is 14.6. The molecule has 0 saturated heterocycles. The van der Waals surface area contributed by atoms with Crippen LogP contribution in [0.3, 0.4) is 0 Å². The number of halogens is 2. The molecular formula is C18H17F2N3O4. The van der Waals surface area contributed by atoms with Gasteiger partial charge in [0.15, 0.2) is 17.3 Å². The van der Waals surface area contributed by atoms with Crippen LogP contribution in [0.2, 0.25) is 0 Å². The zero-order valence-corrected chi connectivity index (χ0v) is 14.6. The molecule has 0 bridgehead atoms. The van der Waals surface area contributed by atoms with Crippen LogP contribution in [0.1, 0.15) is 0 Å². The molecule has 0 radical (unpaired) electrons. The smallest absolute Gasteiger partial charge is 0.163 e. The Balaban J connectivity index is 2.02. The minimum absolute atomic E-state index is 0.211. The van der Waals surface area contributed by atoms with E-state index in [-0.39, 0.29) is 11.5 Å². The van der Waals surface area contributed by atoms with Crippen LogP contribution >= 0.6 is 0 Å². The number of methoxy groups -OCH3 is 2. The first-order valence-electron chi connectivity index (χ1n) is 7.93. The number of nitrogens with one attached hydrogen (secondary N) is 1. The summed E-state index contributed by atoms with van der Waals surface area (Å²) in [6, 6.07) is 4.74. The summed E-state index contributed by atoms with van der Waals surface area (Å²) < 4.78 is 43.1. The molecule has 2 N–H and O–H groups in total. The number of rotatable bonds is 7. The number of phenolic OH excluding ortho intramolecular Hbond substituents is 1. The molecule has 7 nitrogen and oxygen atoms in total. The molecule has 142 valence electrons. The second-order valence-electron chi connectivity index (χ2n) is 5.49. The number of hydrogen-bond acceptors (Lipinski definition) is 7. The number of benzene rings is 2. The quantitative estimate of drug-likeness (QED) is 0.482. The molecule has 2 aromatic carbocycles. The number of aromatic hydroxyl groups is 1. The van der Waals surface area contributed by atoms with Crippen LogP contribution in [0.25, 0.3) is 10.9 Å². The van der Waals surface area contributed by atoms with Crippen molar-refractivity contribution in [2.24, 2.45) is 0 Å². The standard InChI is InChI=1S/C18H17F2N3O4/c1-25-3-4-27-16-8-13-11(7-15(16)26-2)18(22-9-21-13)23-17-12(20)5-10(19)6-14(17)24/h5-9,24H,3-4H2,1-2H3,(H,21,22,23). The van der Waals surface area contributed by atoms with E-state index in [0.29, 0.717) is 41.7 Å². The third-order valence-electron chi connectivity index (χ3n) is 3.74. The lowest BCUT2D eigenvalue weighted by Crippen LogP contribution is -2.06. The van der Waals surface area contributed by atoms with Crippen LogP contribution in [0.4, 0.5) is 20.3 Å². The molecule has 0 saturated carbocycles. The van der Waals surface area contributed by atoms with Gasteiger partial charge >= 0.3 is 0 Å². The summed E-state index contributed by atoms with van der Waals surface area (Å²) in [5, 5.41) is 13.0. The highest BCUT2D eigenvalue weighted by molar-refractivity contribution is 5.93. The van der Waals surface area contributed by atoms with Crippen LogP contribution in [-0.4, -0.2) is 42.5 Å². The number of hydrogen-bond donors (Lipinski definition) is 2. The second kappa shape index (κ2) is 8.00. The maximum atomic E-state index is 14.0. The lowest BCUT2D eigenvalue weighted by Gasteiger charge is -2.14. The average molecular weight is 377 g/mol. The van der Waals surface area contributed by atoms with Gasteiger partial charge in [0.1, 0.15) is 36.0 Å². The van der Waals surface area contributed by atoms with E-state index in [2.05, 4.69) is 15.3 Å². The van der Waals surface area contributed by atoms with E-state index in [1.807, 2.05) is 0 Å². The third-order valence-corrected chi connectivity index (χ3v) is 3.74. The van der Waals surface area contributed by atoms with Gasteiger partial charge in [0, 0.05) is 30.7 Å². The summed E-state index contributed by atoms with van der Waals surface area (Å²) in [7, 11) is 3.04. The van der Waals surface area contributed by atoms with Gasteiger partial charge in [0.25, 0.3) is 0 Å². The number of nitrogens with zero attached hydrogens (tertiary/aromatic N) is 2. The van der Waals surface area contributed by atoms with Gasteiger partial charge in [-0.25, -0.2) is 18.7 Å². The van der Waals surface area contributed by atoms with Gasteiger partial charge < -0.3 is 24.6 Å². The molecule has 1 aromatic heterocycles. The monoisotopic (exact) mass is 377 g/mol. The van der Waals surface area contributed by atoms with Gasteiger partial charge in [-0.2, -0.15) is 0 Å². The van der Waals surface area contributed by atoms with Crippen molar-refractivity contribution in [3.05, 3.63) is 42.2 Å². The Hall–Kier alpha value is -3.20. The average Bonchev–Trinajstić information content (AvgIpc) is 2.64. The zero-order chi connectivity index (χ0) is 19.4. The highest BCUT2D eigenvalue weighted by Gasteiger charge is 2.16. The van der Waals surface area contributed by atoms with Crippen molar-refractivity contribution in [3.63, 3.8) is 0 Å². The largest absolute Gasteiger partial charge is 0.506 e. The van der Waals surface area contributed by atoms with Crippen LogP contribution < -0.4 is 14.8 Å². The van der Waals surface area contributed by atoms with E-state index in [4.69, 9.17) is 14.2 Å². The Morgan fingerprint density at radius 3 is 2.56 bits per heavy atom. The second-order valence-corrected chi connectivity index (χ2v) is 5.49. The molecular weight excluding hydrogens is 360 g/mol. The van der Waals surface area contributed by atoms with Crippen molar-refractivity contribution in [2.45, 2.75) is 0 Å². The van der Waals surface area contributed by atoms with Gasteiger partial charge in [-0.05, 0) is 6.07 Å². The number of phenols is 1. The van der Waals surface area contributed by atoms with Crippen molar-refractivity contribution in [3.8, 4) is 17.2 Å². The molecule has 0 spiro atoms. The summed E-state index contributed by atoms with van der Waals surface area (Å²) in [5.74, 6) is -1.33. The summed E-state index contributed by atoms with van der Waals surface area (Å²) >= 11 is 0. The minimum Gasteiger partial charge on any atom is -0.506 e. The van der Waals surface area contributed by atoms with Gasteiger partial charge in [0.05, 0.1) is 19.2 Å². The molecule has 0 aliphatic carbocycles. The Labute approximate surface area is 153 Å². The van der Waals surface area contributed by atoms with Crippen molar-refractivity contribution >= 4 is 22.4 Å². The molecule has 1 heterocycles. The highest BCUT2D eigenvalue weighted by atomic mass is 19.1. The Morgan fingerprint density at radius 1 is 1.04 bits per heavy atom. The van der Waals surface area contributed by atoms with Gasteiger partial charge in [-0.1, -0.05) is 0 Å². The fourth-order valence-electron chi connectivity index (χ4n) is 2.47. The number of aromatic nitrogens is 2. The van der Waals surface area contributed by atoms with Gasteiger partial charge in [-0.3, -0.25) is 0 Å². The summed E-state index contributed by atoms with van der Waals surface area (Å²) in [6.45, 7) is 0.726. The van der Waals surface area contributed by atoms with Crippen LogP contribution in [0, 0.1) is 11.6 Å². The molecule has 0 fully saturated rings. The van der Waals surface area contributed by atoms with E-state index < -0.39 is 17.4 Å². The Kier molecular flexibility index (Phi) is 5.51. The lowest BCUT2D eigenvalue weighted by molar-refractivity contribution is 0.144. The molecule has 3 rings (SSSR count). The SMILES string of the molecule is COCCOc1cc2ncnc(Nc3c(O)cc(F)cc3F)c2cc1OC. The first-order valence-corrected chi connectivity index (χ1v) is 7.93. The van der Waals surface area contributed by atoms with Gasteiger partial charge in [-0.15, -0.1) is 0 Å². The van der Waals surface area contributed by atoms with E-state index in [1.54, 1.807) is 19.2 Å². The first kappa shape index (κ1) is 18.6. The van der Waals surface area contributed by atoms with Crippen molar-refractivity contribution < 1.29 is 28.1 Å². The molecule has 0 amide bonds. The first-order chi connectivity index (χ1) is 13.0. The fraction of sp³-hybridized carbons (Fsp3) is 0.222. The molecule has 9 heteroatoms. The molecule has 0 aliphatic rings. The van der Waals surface area contributed by atoms with Crippen LogP contribution in [0.15, 0.2) is 30.6 Å². The summed E-state index contributed by atoms with van der Waals surface area (Å²) in [4.78, 5) is 8.25. The normalized spacial score (nSPS) is 10.8. The lowest BCUT2D eigenvalue weighted by atomic mass is 10.2. The van der Waals surface area contributed by atoms with Crippen molar-refractivity contribution in [1.82, 2.24) is 9.97 Å². The minimum atomic E-state index is -0.953. The van der Waals surface area contributed by atoms with E-state index in [9.17, 15) is 13.9 Å². The third kappa shape index (κ3) is 3.98. The number of ether oxygens (including phenoxy) is 3. The fourth-order valence-corrected chi connectivity index (χ4v) is 2.47. The van der Waals surface area contributed by atoms with Crippen molar-refractivity contribution in [2.75, 3.05) is 32.8 Å². The molecule has 0 atom stereocenters. The maximum absolute atomic E-state index is 14.0. The van der Waals surface area contributed by atoms with Crippen LogP contribution in [-0.2, 0) is 4.74 Å². The molecule has 3 aromatic rings. The summed E-state index contributed by atoms with van der Waals surface area (Å²) in [6.07, 6.45) is 1.27. The molecule has 27 heavy (non-hydrogen) atoms. The van der Waals surface area contributed by atoms with E-state index in [0.717, 1.165) is 6.07 Å². The van der Waals surface area contributed by atoms with Crippen LogP contribution in [0.5, 0.6) is 17.2 Å². The molecule has 0 aliphatic heterocycles. The topological polar surface area (TPSA) is 85.7 Å². The predicted molar refractivity (Wildman–Crippen MR) is 94.8 cm³/mol. The van der Waals surface area contributed by atoms with Gasteiger partial charge in [0.2, 0.25) is 0 Å². The van der Waals surface area contributed by atoms with E-state index in [1.165, 1.54) is 13.4 Å². The molecule has 0 unspecified atom stereocenters. The summed E-state index contributed by atoms with van der Waals surface area (Å²) in [5.41, 5.74) is 0.207.